The van der Waals surface area contributed by atoms with Gasteiger partial charge in [-0.2, -0.15) is 8.78 Å². The van der Waals surface area contributed by atoms with Crippen molar-refractivity contribution in [1.82, 2.24) is 0 Å². The quantitative estimate of drug-likeness (QED) is 0.263. The highest BCUT2D eigenvalue weighted by Gasteiger charge is 2.16. The van der Waals surface area contributed by atoms with Crippen LogP contribution in [0.15, 0.2) is 66.7 Å². The van der Waals surface area contributed by atoms with E-state index in [1.54, 1.807) is 0 Å². The number of fused-ring (bicyclic) bond motifs is 1. The van der Waals surface area contributed by atoms with E-state index in [2.05, 4.69) is 0 Å². The number of hydrogen-bond donors (Lipinski definition) is 0. The smallest absolute Gasteiger partial charge is 0.206 e. The molecule has 0 aliphatic rings. The molecule has 0 aliphatic heterocycles. The lowest BCUT2D eigenvalue weighted by molar-refractivity contribution is 0.429. The van der Waals surface area contributed by atoms with Gasteiger partial charge in [-0.05, 0) is 52.8 Å². The fraction of sp³-hybridized carbons (Fsp3) is 0.111. The van der Waals surface area contributed by atoms with Crippen LogP contribution in [-0.2, 0) is 6.42 Å². The molecule has 0 radical (unpaired) electrons. The van der Waals surface area contributed by atoms with Crippen molar-refractivity contribution >= 4 is 16.8 Å². The molecule has 0 bridgehead atoms. The fourth-order valence-electron chi connectivity index (χ4n) is 3.94. The zero-order valence-electron chi connectivity index (χ0n) is 17.5. The van der Waals surface area contributed by atoms with Crippen molar-refractivity contribution in [2.45, 2.75) is 19.8 Å². The first kappa shape index (κ1) is 22.6. The van der Waals surface area contributed by atoms with Crippen molar-refractivity contribution in [2.24, 2.45) is 0 Å². The molecule has 0 atom stereocenters. The second-order valence-electron chi connectivity index (χ2n) is 7.72. The van der Waals surface area contributed by atoms with Crippen molar-refractivity contribution in [3.8, 4) is 22.3 Å². The average molecular weight is 456 g/mol. The standard InChI is InChI=1S/C27H18F6/c1-2-3-15-10-23(29)26(24(30)11-15)18-7-8-20(22(28)13-18)16-6-9-21-17(12-16)4-5-19(27(21)33)14-25(31)32/h4-14H,2-3H2,1H3. The van der Waals surface area contributed by atoms with Gasteiger partial charge in [0.15, 0.2) is 0 Å². The van der Waals surface area contributed by atoms with E-state index in [0.717, 1.165) is 12.5 Å². The monoisotopic (exact) mass is 456 g/mol. The first-order chi connectivity index (χ1) is 15.8. The van der Waals surface area contributed by atoms with Crippen molar-refractivity contribution < 1.29 is 26.3 Å². The summed E-state index contributed by atoms with van der Waals surface area (Å²) in [4.78, 5) is 0. The van der Waals surface area contributed by atoms with Gasteiger partial charge in [-0.3, -0.25) is 0 Å². The summed E-state index contributed by atoms with van der Waals surface area (Å²) < 4.78 is 83.6. The molecule has 0 nitrogen and oxygen atoms in total. The predicted molar refractivity (Wildman–Crippen MR) is 119 cm³/mol. The lowest BCUT2D eigenvalue weighted by Gasteiger charge is -2.11. The summed E-state index contributed by atoms with van der Waals surface area (Å²) in [5, 5.41) is 0.510. The summed E-state index contributed by atoms with van der Waals surface area (Å²) in [6.45, 7) is 1.90. The summed E-state index contributed by atoms with van der Waals surface area (Å²) >= 11 is 0. The van der Waals surface area contributed by atoms with Crippen molar-refractivity contribution in [1.29, 1.82) is 0 Å². The summed E-state index contributed by atoms with van der Waals surface area (Å²) in [5.74, 6) is -3.04. The summed E-state index contributed by atoms with van der Waals surface area (Å²) in [5.41, 5.74) is 0.602. The van der Waals surface area contributed by atoms with E-state index in [0.29, 0.717) is 29.0 Å². The van der Waals surface area contributed by atoms with E-state index in [1.807, 2.05) is 6.92 Å². The van der Waals surface area contributed by atoms with Crippen molar-refractivity contribution in [3.63, 3.8) is 0 Å². The van der Waals surface area contributed by atoms with Gasteiger partial charge in [-0.15, -0.1) is 0 Å². The van der Waals surface area contributed by atoms with Crippen LogP contribution in [0.25, 0.3) is 39.1 Å². The van der Waals surface area contributed by atoms with Crippen LogP contribution in [-0.4, -0.2) is 0 Å². The Hall–Kier alpha value is -3.54. The van der Waals surface area contributed by atoms with Crippen LogP contribution >= 0.6 is 0 Å². The van der Waals surface area contributed by atoms with E-state index in [9.17, 15) is 26.3 Å². The first-order valence-corrected chi connectivity index (χ1v) is 10.3. The predicted octanol–water partition coefficient (Wildman–Crippen LogP) is 8.92. The number of rotatable bonds is 5. The summed E-state index contributed by atoms with van der Waals surface area (Å²) in [7, 11) is 0. The molecule has 0 saturated heterocycles. The van der Waals surface area contributed by atoms with Gasteiger partial charge in [0, 0.05) is 22.6 Å². The van der Waals surface area contributed by atoms with Gasteiger partial charge in [0.25, 0.3) is 6.08 Å². The van der Waals surface area contributed by atoms with Crippen LogP contribution in [0, 0.1) is 23.3 Å². The van der Waals surface area contributed by atoms with E-state index in [4.69, 9.17) is 0 Å². The van der Waals surface area contributed by atoms with Crippen molar-refractivity contribution in [3.05, 3.63) is 101 Å². The van der Waals surface area contributed by atoms with Gasteiger partial charge in [-0.25, -0.2) is 17.6 Å². The highest BCUT2D eigenvalue weighted by molar-refractivity contribution is 5.90. The van der Waals surface area contributed by atoms with Gasteiger partial charge in [0.05, 0.1) is 5.56 Å². The van der Waals surface area contributed by atoms with Crippen LogP contribution in [0.2, 0.25) is 0 Å². The van der Waals surface area contributed by atoms with Crippen LogP contribution in [0.5, 0.6) is 0 Å². The molecule has 0 fully saturated rings. The molecule has 4 aromatic carbocycles. The lowest BCUT2D eigenvalue weighted by Crippen LogP contribution is -1.96. The molecule has 4 rings (SSSR count). The fourth-order valence-corrected chi connectivity index (χ4v) is 3.94. The minimum Gasteiger partial charge on any atom is -0.206 e. The SMILES string of the molecule is CCCc1cc(F)c(-c2ccc(-c3ccc4c(F)c(C=C(F)F)ccc4c3)c(F)c2)c(F)c1. The molecule has 4 aromatic rings. The van der Waals surface area contributed by atoms with E-state index in [1.165, 1.54) is 54.6 Å². The minimum absolute atomic E-state index is 0.0609. The number of aryl methyl sites for hydroxylation is 1. The topological polar surface area (TPSA) is 0 Å². The third kappa shape index (κ3) is 4.51. The Kier molecular flexibility index (Phi) is 6.27. The van der Waals surface area contributed by atoms with E-state index >= 15 is 0 Å². The Morgan fingerprint density at radius 2 is 1.45 bits per heavy atom. The Morgan fingerprint density at radius 1 is 0.758 bits per heavy atom. The average Bonchev–Trinajstić information content (AvgIpc) is 2.75. The summed E-state index contributed by atoms with van der Waals surface area (Å²) in [6.07, 6.45) is -0.305. The molecule has 0 unspecified atom stereocenters. The molecule has 0 saturated carbocycles. The Balaban J connectivity index is 1.74. The van der Waals surface area contributed by atoms with Gasteiger partial charge in [-0.1, -0.05) is 49.7 Å². The highest BCUT2D eigenvalue weighted by atomic mass is 19.3. The Bertz CT molecular complexity index is 1360. The molecule has 0 N–H and O–H groups in total. The first-order valence-electron chi connectivity index (χ1n) is 10.3. The number of benzene rings is 4. The number of halogens is 6. The minimum atomic E-state index is -2.01. The third-order valence-electron chi connectivity index (χ3n) is 5.46. The second kappa shape index (κ2) is 9.14. The number of hydrogen-bond acceptors (Lipinski definition) is 0. The van der Waals surface area contributed by atoms with Crippen LogP contribution < -0.4 is 0 Å². The molecular formula is C27H18F6. The molecule has 0 amide bonds. The molecule has 6 heteroatoms. The zero-order valence-corrected chi connectivity index (χ0v) is 17.5. The maximum absolute atomic E-state index is 15.0. The van der Waals surface area contributed by atoms with E-state index < -0.39 is 29.3 Å². The van der Waals surface area contributed by atoms with Gasteiger partial charge < -0.3 is 0 Å². The second-order valence-corrected chi connectivity index (χ2v) is 7.72. The Labute approximate surface area is 186 Å². The Morgan fingerprint density at radius 3 is 2.09 bits per heavy atom. The molecule has 33 heavy (non-hydrogen) atoms. The molecule has 0 aliphatic carbocycles. The van der Waals surface area contributed by atoms with Crippen LogP contribution in [0.4, 0.5) is 26.3 Å². The third-order valence-corrected chi connectivity index (χ3v) is 5.46. The molecule has 0 heterocycles. The maximum Gasteiger partial charge on any atom is 0.271 e. The summed E-state index contributed by atoms with van der Waals surface area (Å²) in [6, 6.07) is 13.4. The highest BCUT2D eigenvalue weighted by Crippen LogP contribution is 2.34. The van der Waals surface area contributed by atoms with Gasteiger partial charge in [0.1, 0.15) is 23.3 Å². The molecular weight excluding hydrogens is 438 g/mol. The zero-order chi connectivity index (χ0) is 23.7. The van der Waals surface area contributed by atoms with Gasteiger partial charge >= 0.3 is 0 Å². The van der Waals surface area contributed by atoms with Crippen molar-refractivity contribution in [2.75, 3.05) is 0 Å². The largest absolute Gasteiger partial charge is 0.271 e. The molecule has 0 aromatic heterocycles. The van der Waals surface area contributed by atoms with Crippen LogP contribution in [0.3, 0.4) is 0 Å². The van der Waals surface area contributed by atoms with E-state index in [-0.39, 0.29) is 27.6 Å². The maximum atomic E-state index is 15.0. The normalized spacial score (nSPS) is 11.1. The van der Waals surface area contributed by atoms with Gasteiger partial charge in [0.2, 0.25) is 0 Å². The van der Waals surface area contributed by atoms with Crippen LogP contribution in [0.1, 0.15) is 24.5 Å². The lowest BCUT2D eigenvalue weighted by atomic mass is 9.95. The molecule has 168 valence electrons. The molecule has 0 spiro atoms.